The number of rotatable bonds is 6. The van der Waals surface area contributed by atoms with Gasteiger partial charge in [-0.1, -0.05) is 17.8 Å². The molecule has 0 bridgehead atoms. The van der Waals surface area contributed by atoms with Gasteiger partial charge in [-0.2, -0.15) is 0 Å². The molecule has 4 rings (SSSR count). The van der Waals surface area contributed by atoms with Crippen molar-refractivity contribution in [2.24, 2.45) is 7.05 Å². The van der Waals surface area contributed by atoms with E-state index < -0.39 is 0 Å². The van der Waals surface area contributed by atoms with E-state index in [2.05, 4.69) is 15.2 Å². The monoisotopic (exact) mass is 384 g/mol. The molecule has 4 aromatic rings. The second-order valence-corrected chi connectivity index (χ2v) is 7.39. The Hall–Kier alpha value is -2.58. The number of thiophene rings is 1. The lowest BCUT2D eigenvalue weighted by Crippen LogP contribution is -1.94. The highest BCUT2D eigenvalue weighted by atomic mass is 32.2. The highest BCUT2D eigenvalue weighted by Gasteiger charge is 2.13. The van der Waals surface area contributed by atoms with E-state index in [4.69, 9.17) is 9.15 Å². The summed E-state index contributed by atoms with van der Waals surface area (Å²) in [6.45, 7) is 0. The Kier molecular flexibility index (Phi) is 4.77. The molecule has 132 valence electrons. The zero-order chi connectivity index (χ0) is 17.9. The van der Waals surface area contributed by atoms with Gasteiger partial charge in [0.1, 0.15) is 12.0 Å². The normalized spacial score (nSPS) is 11.0. The topological polar surface area (TPSA) is 66.0 Å². The van der Waals surface area contributed by atoms with Crippen molar-refractivity contribution < 1.29 is 9.15 Å². The second kappa shape index (κ2) is 7.35. The molecule has 3 aromatic heterocycles. The third-order valence-electron chi connectivity index (χ3n) is 3.81. The average Bonchev–Trinajstić information content (AvgIpc) is 3.41. The number of hydrogen-bond acceptors (Lipinski definition) is 7. The van der Waals surface area contributed by atoms with E-state index in [-0.39, 0.29) is 0 Å². The lowest BCUT2D eigenvalue weighted by atomic mass is 10.2. The van der Waals surface area contributed by atoms with Crippen LogP contribution in [0.4, 0.5) is 0 Å². The third-order valence-corrected chi connectivity index (χ3v) is 5.73. The Balaban J connectivity index is 1.45. The van der Waals surface area contributed by atoms with Crippen LogP contribution in [0.3, 0.4) is 0 Å². The number of hydrogen-bond donors (Lipinski definition) is 0. The van der Waals surface area contributed by atoms with Crippen molar-refractivity contribution >= 4 is 23.1 Å². The van der Waals surface area contributed by atoms with Gasteiger partial charge in [-0.25, -0.2) is 4.98 Å². The van der Waals surface area contributed by atoms with E-state index in [1.54, 1.807) is 36.5 Å². The van der Waals surface area contributed by atoms with Crippen molar-refractivity contribution in [1.29, 1.82) is 0 Å². The predicted molar refractivity (Wildman–Crippen MR) is 102 cm³/mol. The first-order valence-electron chi connectivity index (χ1n) is 7.89. The van der Waals surface area contributed by atoms with Gasteiger partial charge in [0.25, 0.3) is 0 Å². The molecule has 0 aliphatic rings. The number of oxazole rings is 1. The van der Waals surface area contributed by atoms with Crippen LogP contribution in [0.25, 0.3) is 22.2 Å². The number of aromatic nitrogens is 4. The van der Waals surface area contributed by atoms with Crippen molar-refractivity contribution in [2.75, 3.05) is 7.11 Å². The lowest BCUT2D eigenvalue weighted by molar-refractivity contribution is 0.415. The summed E-state index contributed by atoms with van der Waals surface area (Å²) in [6.07, 6.45) is 1.68. The Bertz CT molecular complexity index is 991. The van der Waals surface area contributed by atoms with E-state index in [0.29, 0.717) is 11.6 Å². The van der Waals surface area contributed by atoms with Gasteiger partial charge in [-0.3, -0.25) is 0 Å². The van der Waals surface area contributed by atoms with Crippen LogP contribution in [0.5, 0.6) is 5.75 Å². The van der Waals surface area contributed by atoms with Crippen LogP contribution >= 0.6 is 23.1 Å². The average molecular weight is 384 g/mol. The van der Waals surface area contributed by atoms with Crippen LogP contribution in [-0.4, -0.2) is 26.9 Å². The SMILES string of the molecule is COc1ccc(-c2nc(CSc3nnc(-c4cccs4)n3C)co2)cc1. The first-order chi connectivity index (χ1) is 12.7. The van der Waals surface area contributed by atoms with Gasteiger partial charge in [0.15, 0.2) is 11.0 Å². The van der Waals surface area contributed by atoms with Crippen LogP contribution in [0, 0.1) is 0 Å². The summed E-state index contributed by atoms with van der Waals surface area (Å²) in [5.74, 6) is 2.94. The molecular formula is C18H16N4O2S2. The minimum absolute atomic E-state index is 0.598. The first kappa shape index (κ1) is 16.9. The minimum Gasteiger partial charge on any atom is -0.497 e. The molecule has 0 spiro atoms. The molecule has 0 fully saturated rings. The molecule has 0 saturated heterocycles. The molecule has 0 amide bonds. The van der Waals surface area contributed by atoms with Gasteiger partial charge in [0.2, 0.25) is 5.89 Å². The third kappa shape index (κ3) is 3.38. The molecule has 1 aromatic carbocycles. The smallest absolute Gasteiger partial charge is 0.226 e. The van der Waals surface area contributed by atoms with Crippen LogP contribution in [0.1, 0.15) is 5.69 Å². The summed E-state index contributed by atoms with van der Waals surface area (Å²) >= 11 is 3.24. The quantitative estimate of drug-likeness (QED) is 0.456. The van der Waals surface area contributed by atoms with Crippen LogP contribution in [0.2, 0.25) is 0 Å². The van der Waals surface area contributed by atoms with Gasteiger partial charge in [0, 0.05) is 18.4 Å². The Morgan fingerprint density at radius 2 is 2.04 bits per heavy atom. The second-order valence-electron chi connectivity index (χ2n) is 5.50. The van der Waals surface area contributed by atoms with Crippen LogP contribution < -0.4 is 4.74 Å². The van der Waals surface area contributed by atoms with Crippen molar-refractivity contribution in [3.8, 4) is 27.9 Å². The molecule has 8 heteroatoms. The van der Waals surface area contributed by atoms with E-state index in [1.807, 2.05) is 53.4 Å². The van der Waals surface area contributed by atoms with E-state index in [0.717, 1.165) is 32.9 Å². The number of nitrogens with zero attached hydrogens (tertiary/aromatic N) is 4. The molecule has 0 unspecified atom stereocenters. The van der Waals surface area contributed by atoms with Crippen molar-refractivity contribution in [3.63, 3.8) is 0 Å². The standard InChI is InChI=1S/C18H16N4O2S2/c1-22-16(15-4-3-9-25-15)20-21-18(22)26-11-13-10-24-17(19-13)12-5-7-14(23-2)8-6-12/h3-10H,11H2,1-2H3. The molecule has 0 radical (unpaired) electrons. The maximum atomic E-state index is 5.60. The minimum atomic E-state index is 0.598. The fraction of sp³-hybridized carbons (Fsp3) is 0.167. The maximum absolute atomic E-state index is 5.60. The zero-order valence-corrected chi connectivity index (χ0v) is 15.9. The Morgan fingerprint density at radius 1 is 1.19 bits per heavy atom. The van der Waals surface area contributed by atoms with E-state index in [9.17, 15) is 0 Å². The van der Waals surface area contributed by atoms with Gasteiger partial charge >= 0.3 is 0 Å². The van der Waals surface area contributed by atoms with Crippen molar-refractivity contribution in [1.82, 2.24) is 19.7 Å². The summed E-state index contributed by atoms with van der Waals surface area (Å²) in [5.41, 5.74) is 1.78. The fourth-order valence-electron chi connectivity index (χ4n) is 2.44. The summed E-state index contributed by atoms with van der Waals surface area (Å²) in [5, 5.41) is 11.5. The molecule has 0 atom stereocenters. The van der Waals surface area contributed by atoms with Crippen molar-refractivity contribution in [2.45, 2.75) is 10.9 Å². The predicted octanol–water partition coefficient (Wildman–Crippen LogP) is 4.50. The van der Waals surface area contributed by atoms with Gasteiger partial charge in [0.05, 0.1) is 17.7 Å². The van der Waals surface area contributed by atoms with Gasteiger partial charge in [-0.05, 0) is 35.7 Å². The molecule has 0 aliphatic carbocycles. The molecule has 0 aliphatic heterocycles. The number of benzene rings is 1. The Morgan fingerprint density at radius 3 is 2.77 bits per heavy atom. The molecule has 26 heavy (non-hydrogen) atoms. The Labute approximate surface area is 158 Å². The summed E-state index contributed by atoms with van der Waals surface area (Å²) in [7, 11) is 3.62. The van der Waals surface area contributed by atoms with Crippen LogP contribution in [0.15, 0.2) is 57.6 Å². The van der Waals surface area contributed by atoms with Gasteiger partial charge < -0.3 is 13.7 Å². The lowest BCUT2D eigenvalue weighted by Gasteiger charge is -2.01. The van der Waals surface area contributed by atoms with E-state index >= 15 is 0 Å². The van der Waals surface area contributed by atoms with Crippen LogP contribution in [-0.2, 0) is 12.8 Å². The number of methoxy groups -OCH3 is 1. The molecule has 0 saturated carbocycles. The fourth-order valence-corrected chi connectivity index (χ4v) is 3.97. The highest BCUT2D eigenvalue weighted by molar-refractivity contribution is 7.98. The molecule has 6 nitrogen and oxygen atoms in total. The summed E-state index contributed by atoms with van der Waals surface area (Å²) < 4.78 is 12.8. The zero-order valence-electron chi connectivity index (χ0n) is 14.2. The molecular weight excluding hydrogens is 368 g/mol. The molecule has 3 heterocycles. The molecule has 0 N–H and O–H groups in total. The maximum Gasteiger partial charge on any atom is 0.226 e. The largest absolute Gasteiger partial charge is 0.497 e. The number of ether oxygens (including phenoxy) is 1. The summed E-state index contributed by atoms with van der Waals surface area (Å²) in [6, 6.07) is 11.7. The van der Waals surface area contributed by atoms with Crippen molar-refractivity contribution in [3.05, 3.63) is 53.7 Å². The first-order valence-corrected chi connectivity index (χ1v) is 9.76. The number of thioether (sulfide) groups is 1. The summed E-state index contributed by atoms with van der Waals surface area (Å²) in [4.78, 5) is 5.66. The highest BCUT2D eigenvalue weighted by Crippen LogP contribution is 2.28. The van der Waals surface area contributed by atoms with Gasteiger partial charge in [-0.15, -0.1) is 21.5 Å². The van der Waals surface area contributed by atoms with E-state index in [1.165, 1.54) is 0 Å².